The Morgan fingerprint density at radius 2 is 0.912 bits per heavy atom. The fraction of sp³-hybridized carbons (Fsp3) is 0.188. The second-order valence-corrected chi connectivity index (χ2v) is 19.4. The Morgan fingerprint density at radius 3 is 1.35 bits per heavy atom. The molecule has 11 rings (SSSR count). The molecule has 3 fully saturated rings. The second-order valence-electron chi connectivity index (χ2n) is 19.4. The minimum Gasteiger partial charge on any atom is -0.410 e. The molecule has 8 aromatic rings. The van der Waals surface area contributed by atoms with Crippen molar-refractivity contribution in [2.45, 2.75) is 63.7 Å². The number of hydrogen-bond acceptors (Lipinski definition) is 12. The van der Waals surface area contributed by atoms with Crippen molar-refractivity contribution in [3.8, 4) is 56.0 Å². The largest absolute Gasteiger partial charge is 0.539 e. The van der Waals surface area contributed by atoms with E-state index in [1.165, 1.54) is 16.7 Å². The monoisotopic (exact) mass is 1070 g/mol. The Morgan fingerprint density at radius 1 is 0.512 bits per heavy atom. The predicted molar refractivity (Wildman–Crippen MR) is 303 cm³/mol. The van der Waals surface area contributed by atoms with Gasteiger partial charge in [-0.1, -0.05) is 90.0 Å². The van der Waals surface area contributed by atoms with Crippen LogP contribution in [-0.2, 0) is 27.5 Å². The number of pyridine rings is 2. The first kappa shape index (κ1) is 55.0. The molecule has 0 bridgehead atoms. The van der Waals surface area contributed by atoms with Gasteiger partial charge in [-0.15, -0.1) is 0 Å². The molecule has 1 aliphatic heterocycles. The zero-order valence-electron chi connectivity index (χ0n) is 44.2. The van der Waals surface area contributed by atoms with Crippen LogP contribution in [0.4, 0.5) is 9.59 Å². The summed E-state index contributed by atoms with van der Waals surface area (Å²) in [5.74, 6) is -0.566. The summed E-state index contributed by atoms with van der Waals surface area (Å²) in [4.78, 5) is 85.8. The number of imide groups is 1. The van der Waals surface area contributed by atoms with Crippen molar-refractivity contribution in [3.05, 3.63) is 217 Å². The Balaban J connectivity index is 0.000000157. The van der Waals surface area contributed by atoms with Crippen LogP contribution in [0.15, 0.2) is 195 Å². The van der Waals surface area contributed by atoms with Gasteiger partial charge >= 0.3 is 12.2 Å². The van der Waals surface area contributed by atoms with Crippen LogP contribution in [0.25, 0.3) is 44.5 Å². The van der Waals surface area contributed by atoms with Crippen LogP contribution in [0.3, 0.4) is 0 Å². The van der Waals surface area contributed by atoms with Gasteiger partial charge in [0.05, 0.1) is 0 Å². The summed E-state index contributed by atoms with van der Waals surface area (Å²) >= 11 is 0. The lowest BCUT2D eigenvalue weighted by atomic mass is 10.0. The molecule has 2 saturated carbocycles. The Kier molecular flexibility index (Phi) is 18.2. The summed E-state index contributed by atoms with van der Waals surface area (Å²) in [6, 6.07) is 53.9. The van der Waals surface area contributed by atoms with Gasteiger partial charge in [-0.3, -0.25) is 34.0 Å². The van der Waals surface area contributed by atoms with E-state index in [0.717, 1.165) is 71.2 Å². The zero-order chi connectivity index (χ0) is 55.8. The first-order valence-electron chi connectivity index (χ1n) is 26.3. The highest BCUT2D eigenvalue weighted by molar-refractivity contribution is 6.01. The number of carbonyl (C=O) groups is 6. The fourth-order valence-electron chi connectivity index (χ4n) is 8.42. The van der Waals surface area contributed by atoms with E-state index in [0.29, 0.717) is 40.6 Å². The SMILES string of the molecule is CN(Cc1cccc(-c2ccncc2)c1)C(=O)Oc1ccc(-c2ccc(C(=O)NC3CC3)cc2)cc1.CNCc1cccc(-c2ccncc2)c1.O=C(Oc1ccc(-c2ccc(C(=O)NC3CC3)cc2)cc1)ON1C(=O)CCC1=O. The molecule has 0 atom stereocenters. The highest BCUT2D eigenvalue weighted by Crippen LogP contribution is 2.28. The van der Waals surface area contributed by atoms with E-state index in [1.807, 2.05) is 110 Å². The average Bonchev–Trinajstić information content (AvgIpc) is 4.46. The lowest BCUT2D eigenvalue weighted by Gasteiger charge is -2.17. The highest BCUT2D eigenvalue weighted by Gasteiger charge is 2.33. The van der Waals surface area contributed by atoms with Crippen LogP contribution >= 0.6 is 0 Å². The van der Waals surface area contributed by atoms with E-state index < -0.39 is 24.1 Å². The van der Waals surface area contributed by atoms with Gasteiger partial charge < -0.3 is 30.3 Å². The van der Waals surface area contributed by atoms with E-state index in [1.54, 1.807) is 72.9 Å². The lowest BCUT2D eigenvalue weighted by Crippen LogP contribution is -2.33. The third kappa shape index (κ3) is 15.7. The number of carbonyl (C=O) groups excluding carboxylic acids is 6. The molecule has 2 aliphatic carbocycles. The molecule has 16 heteroatoms. The summed E-state index contributed by atoms with van der Waals surface area (Å²) in [7, 11) is 3.68. The maximum atomic E-state index is 12.7. The van der Waals surface area contributed by atoms with Gasteiger partial charge in [-0.05, 0) is 173 Å². The Hall–Kier alpha value is -9.80. The lowest BCUT2D eigenvalue weighted by molar-refractivity contribution is -0.174. The van der Waals surface area contributed by atoms with E-state index in [2.05, 4.69) is 61.1 Å². The van der Waals surface area contributed by atoms with E-state index >= 15 is 0 Å². The molecule has 0 spiro atoms. The van der Waals surface area contributed by atoms with E-state index in [9.17, 15) is 28.8 Å². The third-order valence-electron chi connectivity index (χ3n) is 13.1. The zero-order valence-corrected chi connectivity index (χ0v) is 44.2. The number of hydroxylamine groups is 2. The number of nitrogens with one attached hydrogen (secondary N) is 3. The van der Waals surface area contributed by atoms with Crippen LogP contribution in [0, 0.1) is 0 Å². The number of nitrogens with zero attached hydrogens (tertiary/aromatic N) is 4. The second kappa shape index (κ2) is 26.5. The summed E-state index contributed by atoms with van der Waals surface area (Å²) in [5.41, 5.74) is 11.9. The Labute approximate surface area is 463 Å². The summed E-state index contributed by atoms with van der Waals surface area (Å²) in [6.45, 7) is 1.33. The quantitative estimate of drug-likeness (QED) is 0.0499. The smallest absolute Gasteiger partial charge is 0.410 e. The van der Waals surface area contributed by atoms with Crippen molar-refractivity contribution in [2.75, 3.05) is 14.1 Å². The van der Waals surface area contributed by atoms with Crippen molar-refractivity contribution >= 4 is 35.9 Å². The first-order valence-corrected chi connectivity index (χ1v) is 26.3. The van der Waals surface area contributed by atoms with Gasteiger partial charge in [0.15, 0.2) is 0 Å². The minimum absolute atomic E-state index is 0.0157. The molecular weight excluding hydrogens is 1010 g/mol. The van der Waals surface area contributed by atoms with Gasteiger partial charge in [0.1, 0.15) is 11.5 Å². The molecule has 6 aromatic carbocycles. The molecular formula is C64H59N7O9. The standard InChI is InChI=1S/C30H27N3O3.C21H18N2O6.C13H14N2/c1-33(20-21-3-2-4-26(19-21)24-15-17-31-18-16-24)30(35)36-28-13-9-23(10-14-28)22-5-7-25(8-6-22)29(34)32-27-11-12-27;24-18-11-12-19(25)23(18)29-21(27)28-17-9-5-14(6-10-17)13-1-3-15(4-2-13)20(26)22-16-7-8-16;1-14-10-11-3-2-4-13(9-11)12-5-7-15-8-6-12/h2-10,13-19,27H,11-12,20H2,1H3,(H,32,34);1-6,9-10,16H,7-8,11-12H2,(H,22,26);2-9,14H,10H2,1H3. The molecule has 3 aliphatic rings. The minimum atomic E-state index is -1.16. The number of benzene rings is 6. The van der Waals surface area contributed by atoms with Gasteiger partial charge in [0.25, 0.3) is 23.6 Å². The molecule has 0 radical (unpaired) electrons. The van der Waals surface area contributed by atoms with Gasteiger partial charge in [-0.25, -0.2) is 9.59 Å². The average molecular weight is 1070 g/mol. The first-order chi connectivity index (χ1) is 38.9. The van der Waals surface area contributed by atoms with Crippen molar-refractivity contribution < 1.29 is 43.1 Å². The molecule has 1 saturated heterocycles. The number of amides is 5. The van der Waals surface area contributed by atoms with E-state index in [-0.39, 0.29) is 30.4 Å². The molecule has 3 N–H and O–H groups in total. The maximum Gasteiger partial charge on any atom is 0.539 e. The molecule has 5 amide bonds. The molecule has 0 unspecified atom stereocenters. The van der Waals surface area contributed by atoms with Crippen molar-refractivity contribution in [1.29, 1.82) is 0 Å². The fourth-order valence-corrected chi connectivity index (χ4v) is 8.42. The maximum absolute atomic E-state index is 12.7. The highest BCUT2D eigenvalue weighted by atomic mass is 16.8. The van der Waals surface area contributed by atoms with Crippen molar-refractivity contribution in [1.82, 2.24) is 35.9 Å². The Bertz CT molecular complexity index is 3410. The van der Waals surface area contributed by atoms with Crippen molar-refractivity contribution in [2.24, 2.45) is 0 Å². The van der Waals surface area contributed by atoms with Crippen LogP contribution in [0.1, 0.15) is 70.4 Å². The van der Waals surface area contributed by atoms with Crippen LogP contribution < -0.4 is 25.4 Å². The van der Waals surface area contributed by atoms with Crippen LogP contribution in [0.2, 0.25) is 0 Å². The number of hydrogen-bond donors (Lipinski definition) is 3. The molecule has 2 aromatic heterocycles. The van der Waals surface area contributed by atoms with Gasteiger partial charge in [0.2, 0.25) is 0 Å². The van der Waals surface area contributed by atoms with Crippen LogP contribution in [0.5, 0.6) is 11.5 Å². The van der Waals surface area contributed by atoms with Gasteiger partial charge in [0, 0.05) is 81.0 Å². The van der Waals surface area contributed by atoms with Crippen molar-refractivity contribution in [3.63, 3.8) is 0 Å². The molecule has 16 nitrogen and oxygen atoms in total. The summed E-state index contributed by atoms with van der Waals surface area (Å²) in [5, 5.41) is 9.52. The van der Waals surface area contributed by atoms with E-state index in [4.69, 9.17) is 9.47 Å². The topological polar surface area (TPSA) is 198 Å². The molecule has 404 valence electrons. The number of ether oxygens (including phenoxy) is 2. The summed E-state index contributed by atoms with van der Waals surface area (Å²) in [6.07, 6.45) is 9.82. The van der Waals surface area contributed by atoms with Gasteiger partial charge in [-0.2, -0.15) is 0 Å². The number of aromatic nitrogens is 2. The summed E-state index contributed by atoms with van der Waals surface area (Å²) < 4.78 is 10.6. The predicted octanol–water partition coefficient (Wildman–Crippen LogP) is 11.2. The number of rotatable bonds is 15. The normalized spacial score (nSPS) is 13.3. The molecule has 3 heterocycles. The van der Waals surface area contributed by atoms with Crippen LogP contribution in [-0.4, -0.2) is 82.0 Å². The third-order valence-corrected chi connectivity index (χ3v) is 13.1. The molecule has 80 heavy (non-hydrogen) atoms.